The molecule has 0 saturated carbocycles. The maximum Gasteiger partial charge on any atom is 0.337 e. The Morgan fingerprint density at radius 1 is 1.33 bits per heavy atom. The second kappa shape index (κ2) is 5.55. The van der Waals surface area contributed by atoms with Gasteiger partial charge in [0.25, 0.3) is 0 Å². The van der Waals surface area contributed by atoms with E-state index in [1.54, 1.807) is 30.8 Å². The first-order chi connectivity index (χ1) is 9.82. The number of aromatic nitrogens is 2. The van der Waals surface area contributed by atoms with Gasteiger partial charge in [-0.1, -0.05) is 19.9 Å². The van der Waals surface area contributed by atoms with Gasteiger partial charge in [0.2, 0.25) is 5.91 Å². The number of aromatic carboxylic acids is 1. The number of amides is 1. The molecule has 2 rings (SSSR count). The van der Waals surface area contributed by atoms with Crippen LogP contribution in [0.5, 0.6) is 0 Å². The number of carbonyl (C=O) groups is 2. The van der Waals surface area contributed by atoms with E-state index in [1.807, 2.05) is 13.8 Å². The molecule has 0 fully saturated rings. The largest absolute Gasteiger partial charge is 0.478 e. The van der Waals surface area contributed by atoms with Crippen molar-refractivity contribution in [3.63, 3.8) is 0 Å². The molecular formula is C15H19N3O3. The molecular weight excluding hydrogens is 270 g/mol. The molecule has 1 aromatic heterocycles. The Morgan fingerprint density at radius 2 is 2.00 bits per heavy atom. The second-order valence-electron chi connectivity index (χ2n) is 5.48. The highest BCUT2D eigenvalue weighted by Crippen LogP contribution is 2.24. The smallest absolute Gasteiger partial charge is 0.337 e. The summed E-state index contributed by atoms with van der Waals surface area (Å²) < 4.78 is 1.80. The molecule has 0 radical (unpaired) electrons. The number of imidazole rings is 1. The third-order valence-corrected chi connectivity index (χ3v) is 3.35. The highest BCUT2D eigenvalue weighted by molar-refractivity contribution is 6.01. The highest BCUT2D eigenvalue weighted by Gasteiger charge is 2.20. The molecule has 0 atom stereocenters. The van der Waals surface area contributed by atoms with Crippen molar-refractivity contribution in [2.75, 3.05) is 14.1 Å². The number of benzene rings is 1. The van der Waals surface area contributed by atoms with Gasteiger partial charge < -0.3 is 14.6 Å². The molecule has 1 amide bonds. The van der Waals surface area contributed by atoms with Gasteiger partial charge in [-0.3, -0.25) is 4.79 Å². The average molecular weight is 289 g/mol. The Morgan fingerprint density at radius 3 is 2.52 bits per heavy atom. The summed E-state index contributed by atoms with van der Waals surface area (Å²) in [4.78, 5) is 29.3. The molecule has 1 aromatic carbocycles. The van der Waals surface area contributed by atoms with Crippen LogP contribution in [0.25, 0.3) is 11.0 Å². The average Bonchev–Trinajstić information content (AvgIpc) is 2.77. The Balaban J connectivity index is 2.66. The molecule has 6 heteroatoms. The molecule has 0 spiro atoms. The van der Waals surface area contributed by atoms with Crippen LogP contribution in [0.15, 0.2) is 18.2 Å². The van der Waals surface area contributed by atoms with Gasteiger partial charge in [-0.15, -0.1) is 0 Å². The summed E-state index contributed by atoms with van der Waals surface area (Å²) in [5.74, 6) is -0.265. The van der Waals surface area contributed by atoms with Crippen molar-refractivity contribution in [3.05, 3.63) is 29.6 Å². The van der Waals surface area contributed by atoms with Crippen LogP contribution >= 0.6 is 0 Å². The van der Waals surface area contributed by atoms with Crippen LogP contribution in [0.1, 0.15) is 35.9 Å². The van der Waals surface area contributed by atoms with E-state index in [0.29, 0.717) is 16.9 Å². The Kier molecular flexibility index (Phi) is 3.97. The van der Waals surface area contributed by atoms with E-state index < -0.39 is 5.97 Å². The zero-order chi connectivity index (χ0) is 15.7. The van der Waals surface area contributed by atoms with E-state index in [0.717, 1.165) is 0 Å². The third kappa shape index (κ3) is 2.74. The predicted octanol–water partition coefficient (Wildman–Crippen LogP) is 1.95. The quantitative estimate of drug-likeness (QED) is 0.933. The third-order valence-electron chi connectivity index (χ3n) is 3.35. The SMILES string of the molecule is CC(C)c1nc2c(C(=O)O)cccc2n1CC(=O)N(C)C. The van der Waals surface area contributed by atoms with Crippen LogP contribution in [-0.2, 0) is 11.3 Å². The molecule has 1 heterocycles. The normalized spacial score (nSPS) is 11.1. The standard InChI is InChI=1S/C15H19N3O3/c1-9(2)14-16-13-10(15(20)21)6-5-7-11(13)18(14)8-12(19)17(3)4/h5-7,9H,8H2,1-4H3,(H,20,21). The van der Waals surface area contributed by atoms with Gasteiger partial charge in [0.05, 0.1) is 11.1 Å². The van der Waals surface area contributed by atoms with E-state index in [-0.39, 0.29) is 23.9 Å². The number of carboxylic acids is 1. The van der Waals surface area contributed by atoms with Crippen molar-refractivity contribution in [1.29, 1.82) is 0 Å². The van der Waals surface area contributed by atoms with Crippen molar-refractivity contribution in [2.45, 2.75) is 26.3 Å². The van der Waals surface area contributed by atoms with Crippen LogP contribution in [0, 0.1) is 0 Å². The molecule has 21 heavy (non-hydrogen) atoms. The summed E-state index contributed by atoms with van der Waals surface area (Å²) in [6, 6.07) is 5.00. The number of hydrogen-bond acceptors (Lipinski definition) is 3. The fourth-order valence-corrected chi connectivity index (χ4v) is 2.22. The Labute approximate surface area is 123 Å². The van der Waals surface area contributed by atoms with Crippen LogP contribution in [0.3, 0.4) is 0 Å². The van der Waals surface area contributed by atoms with Gasteiger partial charge in [0.15, 0.2) is 0 Å². The van der Waals surface area contributed by atoms with E-state index in [4.69, 9.17) is 0 Å². The maximum absolute atomic E-state index is 12.0. The Hall–Kier alpha value is -2.37. The summed E-state index contributed by atoms with van der Waals surface area (Å²) >= 11 is 0. The van der Waals surface area contributed by atoms with E-state index in [1.165, 1.54) is 11.0 Å². The second-order valence-corrected chi connectivity index (χ2v) is 5.48. The molecule has 0 aliphatic carbocycles. The van der Waals surface area contributed by atoms with Crippen molar-refractivity contribution in [1.82, 2.24) is 14.5 Å². The number of carbonyl (C=O) groups excluding carboxylic acids is 1. The van der Waals surface area contributed by atoms with Gasteiger partial charge in [0, 0.05) is 20.0 Å². The summed E-state index contributed by atoms with van der Waals surface area (Å²) in [5.41, 5.74) is 1.26. The number of para-hydroxylation sites is 1. The number of likely N-dealkylation sites (N-methyl/N-ethyl adjacent to an activating group) is 1. The van der Waals surface area contributed by atoms with Crippen LogP contribution in [0.4, 0.5) is 0 Å². The maximum atomic E-state index is 12.0. The first-order valence-corrected chi connectivity index (χ1v) is 6.75. The minimum absolute atomic E-state index is 0.0584. The van der Waals surface area contributed by atoms with Crippen molar-refractivity contribution in [3.8, 4) is 0 Å². The molecule has 0 aliphatic heterocycles. The number of fused-ring (bicyclic) bond motifs is 1. The molecule has 0 aliphatic rings. The summed E-state index contributed by atoms with van der Waals surface area (Å²) in [7, 11) is 3.39. The lowest BCUT2D eigenvalue weighted by atomic mass is 10.2. The molecule has 6 nitrogen and oxygen atoms in total. The van der Waals surface area contributed by atoms with Gasteiger partial charge in [-0.2, -0.15) is 0 Å². The van der Waals surface area contributed by atoms with Crippen LogP contribution in [0.2, 0.25) is 0 Å². The first kappa shape index (κ1) is 15.0. The number of hydrogen-bond donors (Lipinski definition) is 1. The molecule has 0 unspecified atom stereocenters. The van der Waals surface area contributed by atoms with Crippen molar-refractivity contribution < 1.29 is 14.7 Å². The molecule has 0 saturated heterocycles. The highest BCUT2D eigenvalue weighted by atomic mass is 16.4. The van der Waals surface area contributed by atoms with E-state index >= 15 is 0 Å². The van der Waals surface area contributed by atoms with Crippen LogP contribution in [-0.4, -0.2) is 45.5 Å². The topological polar surface area (TPSA) is 75.4 Å². The number of carboxylic acid groups (broad SMARTS) is 1. The lowest BCUT2D eigenvalue weighted by Crippen LogP contribution is -2.27. The Bertz CT molecular complexity index is 701. The fraction of sp³-hybridized carbons (Fsp3) is 0.400. The van der Waals surface area contributed by atoms with Gasteiger partial charge in [0.1, 0.15) is 17.9 Å². The van der Waals surface area contributed by atoms with Gasteiger partial charge >= 0.3 is 5.97 Å². The number of rotatable bonds is 4. The number of nitrogens with zero attached hydrogens (tertiary/aromatic N) is 3. The molecule has 0 bridgehead atoms. The van der Waals surface area contributed by atoms with Crippen LogP contribution < -0.4 is 0 Å². The van der Waals surface area contributed by atoms with E-state index in [9.17, 15) is 14.7 Å². The minimum Gasteiger partial charge on any atom is -0.478 e. The fourth-order valence-electron chi connectivity index (χ4n) is 2.22. The lowest BCUT2D eigenvalue weighted by molar-refractivity contribution is -0.129. The molecule has 112 valence electrons. The lowest BCUT2D eigenvalue weighted by Gasteiger charge is -2.14. The summed E-state index contributed by atoms with van der Waals surface area (Å²) in [5, 5.41) is 9.27. The minimum atomic E-state index is -1.01. The van der Waals surface area contributed by atoms with Gasteiger partial charge in [-0.05, 0) is 12.1 Å². The van der Waals surface area contributed by atoms with Crippen molar-refractivity contribution >= 4 is 22.9 Å². The zero-order valence-electron chi connectivity index (χ0n) is 12.6. The molecule has 2 aromatic rings. The van der Waals surface area contributed by atoms with Gasteiger partial charge in [-0.25, -0.2) is 9.78 Å². The monoisotopic (exact) mass is 289 g/mol. The summed E-state index contributed by atoms with van der Waals surface area (Å²) in [6.45, 7) is 4.09. The van der Waals surface area contributed by atoms with E-state index in [2.05, 4.69) is 4.98 Å². The zero-order valence-corrected chi connectivity index (χ0v) is 12.6. The first-order valence-electron chi connectivity index (χ1n) is 6.75. The predicted molar refractivity (Wildman–Crippen MR) is 79.5 cm³/mol. The summed E-state index contributed by atoms with van der Waals surface area (Å²) in [6.07, 6.45) is 0. The van der Waals surface area contributed by atoms with Crippen molar-refractivity contribution in [2.24, 2.45) is 0 Å². The molecule has 1 N–H and O–H groups in total.